The molecule has 0 fully saturated rings. The number of rotatable bonds is 4. The van der Waals surface area contributed by atoms with Crippen LogP contribution in [0.1, 0.15) is 55.2 Å². The van der Waals surface area contributed by atoms with Gasteiger partial charge in [0.15, 0.2) is 0 Å². The van der Waals surface area contributed by atoms with Gasteiger partial charge < -0.3 is 4.74 Å². The highest BCUT2D eigenvalue weighted by Gasteiger charge is 2.39. The monoisotopic (exact) mass is 533 g/mol. The van der Waals surface area contributed by atoms with E-state index in [9.17, 15) is 9.59 Å². The van der Waals surface area contributed by atoms with E-state index in [4.69, 9.17) is 9.84 Å². The Morgan fingerprint density at radius 2 is 1.57 bits per heavy atom. The Hall–Kier alpha value is -3.45. The molecule has 3 aromatic carbocycles. The van der Waals surface area contributed by atoms with Crippen LogP contribution in [0.25, 0.3) is 0 Å². The van der Waals surface area contributed by atoms with Crippen molar-refractivity contribution < 1.29 is 14.3 Å². The molecule has 2 amide bonds. The van der Waals surface area contributed by atoms with Crippen LogP contribution in [0.15, 0.2) is 88.4 Å². The summed E-state index contributed by atoms with van der Waals surface area (Å²) < 4.78 is 6.23. The predicted octanol–water partition coefficient (Wildman–Crippen LogP) is 7.03. The number of nitrogens with one attached hydrogen (secondary N) is 1. The van der Waals surface area contributed by atoms with Crippen LogP contribution in [0.4, 0.5) is 10.5 Å². The van der Waals surface area contributed by atoms with Gasteiger partial charge in [-0.05, 0) is 68.3 Å². The van der Waals surface area contributed by atoms with Crippen LogP contribution in [-0.2, 0) is 4.74 Å². The largest absolute Gasteiger partial charge is 0.444 e. The summed E-state index contributed by atoms with van der Waals surface area (Å²) in [7, 11) is 0. The van der Waals surface area contributed by atoms with E-state index in [0.717, 1.165) is 21.3 Å². The normalized spacial score (nSPS) is 17.6. The molecular weight excluding hydrogens is 506 g/mol. The van der Waals surface area contributed by atoms with Crippen LogP contribution < -0.4 is 5.32 Å². The molecule has 7 heteroatoms. The molecule has 0 saturated heterocycles. The number of hydrogen-bond donors (Lipinski definition) is 1. The van der Waals surface area contributed by atoms with E-state index in [1.54, 1.807) is 17.1 Å². The van der Waals surface area contributed by atoms with E-state index in [0.29, 0.717) is 11.3 Å². The average molecular weight is 534 g/mol. The van der Waals surface area contributed by atoms with Crippen molar-refractivity contribution in [3.63, 3.8) is 0 Å². The van der Waals surface area contributed by atoms with Crippen molar-refractivity contribution in [1.82, 2.24) is 5.01 Å². The maximum absolute atomic E-state index is 13.5. The average Bonchev–Trinajstić information content (AvgIpc) is 3.16. The van der Waals surface area contributed by atoms with Crippen molar-refractivity contribution in [1.29, 1.82) is 0 Å². The molecule has 0 bridgehead atoms. The van der Waals surface area contributed by atoms with Gasteiger partial charge in [-0.2, -0.15) is 5.10 Å². The Balaban J connectivity index is 1.62. The molecular formula is C28H28BrN3O3. The van der Waals surface area contributed by atoms with E-state index < -0.39 is 11.7 Å². The molecule has 0 saturated carbocycles. The second-order valence-electron chi connectivity index (χ2n) is 9.49. The minimum atomic E-state index is -0.574. The summed E-state index contributed by atoms with van der Waals surface area (Å²) >= 11 is 3.42. The van der Waals surface area contributed by atoms with Crippen LogP contribution in [-0.4, -0.2) is 28.3 Å². The summed E-state index contributed by atoms with van der Waals surface area (Å²) in [6, 6.07) is 24.4. The smallest absolute Gasteiger partial charge is 0.412 e. The molecule has 0 aliphatic carbocycles. The first-order valence-electron chi connectivity index (χ1n) is 11.5. The van der Waals surface area contributed by atoms with Crippen LogP contribution in [0.5, 0.6) is 0 Å². The lowest BCUT2D eigenvalue weighted by molar-refractivity contribution is 0.0634. The Bertz CT molecular complexity index is 1230. The number of nitrogens with zero attached hydrogens (tertiary/aromatic N) is 2. The fraction of sp³-hybridized carbons (Fsp3) is 0.250. The lowest BCUT2D eigenvalue weighted by Gasteiger charge is -2.25. The predicted molar refractivity (Wildman–Crippen MR) is 141 cm³/mol. The Morgan fingerprint density at radius 1 is 0.943 bits per heavy atom. The topological polar surface area (TPSA) is 71.0 Å². The van der Waals surface area contributed by atoms with Crippen LogP contribution in [0.2, 0.25) is 0 Å². The number of anilines is 1. The standard InChI is InChI=1S/C28H28BrN3O3/c1-18-24(19-12-16-23(17-13-19)30-27(34)35-28(2,3)4)31-32(25(18)20-8-6-5-7-9-20)26(33)21-10-14-22(29)15-11-21/h5-18,25H,1-4H3,(H,30,34). The lowest BCUT2D eigenvalue weighted by atomic mass is 9.88. The highest BCUT2D eigenvalue weighted by atomic mass is 79.9. The molecule has 0 radical (unpaired) electrons. The van der Waals surface area contributed by atoms with Crippen molar-refractivity contribution in [2.75, 3.05) is 5.32 Å². The van der Waals surface area contributed by atoms with Gasteiger partial charge in [0.1, 0.15) is 5.60 Å². The molecule has 2 atom stereocenters. The van der Waals surface area contributed by atoms with Gasteiger partial charge in [-0.15, -0.1) is 0 Å². The van der Waals surface area contributed by atoms with Crippen LogP contribution in [0.3, 0.4) is 0 Å². The minimum absolute atomic E-state index is 0.0403. The van der Waals surface area contributed by atoms with Crippen LogP contribution in [0, 0.1) is 5.92 Å². The molecule has 2 unspecified atom stereocenters. The summed E-state index contributed by atoms with van der Waals surface area (Å²) in [4.78, 5) is 25.6. The molecule has 3 aromatic rings. The number of amides is 2. The zero-order chi connectivity index (χ0) is 25.2. The van der Waals surface area contributed by atoms with Gasteiger partial charge in [-0.25, -0.2) is 9.80 Å². The molecule has 6 nitrogen and oxygen atoms in total. The zero-order valence-corrected chi connectivity index (χ0v) is 21.7. The van der Waals surface area contributed by atoms with E-state index in [1.807, 2.05) is 87.5 Å². The molecule has 4 rings (SSSR count). The summed E-state index contributed by atoms with van der Waals surface area (Å²) in [6.07, 6.45) is -0.507. The van der Waals surface area contributed by atoms with E-state index in [1.165, 1.54) is 0 Å². The molecule has 1 aliphatic rings. The van der Waals surface area contributed by atoms with Gasteiger partial charge in [0.25, 0.3) is 5.91 Å². The van der Waals surface area contributed by atoms with E-state index in [-0.39, 0.29) is 17.9 Å². The minimum Gasteiger partial charge on any atom is -0.444 e. The number of benzene rings is 3. The first-order valence-corrected chi connectivity index (χ1v) is 12.2. The Labute approximate surface area is 214 Å². The van der Waals surface area contributed by atoms with Crippen LogP contribution >= 0.6 is 15.9 Å². The number of halogens is 1. The highest BCUT2D eigenvalue weighted by Crippen LogP contribution is 2.38. The van der Waals surface area contributed by atoms with Gasteiger partial charge in [0.2, 0.25) is 0 Å². The molecule has 0 spiro atoms. The number of carbonyl (C=O) groups is 2. The van der Waals surface area contributed by atoms with Crippen molar-refractivity contribution in [3.8, 4) is 0 Å². The Morgan fingerprint density at radius 3 is 2.17 bits per heavy atom. The summed E-state index contributed by atoms with van der Waals surface area (Å²) in [5.41, 5.74) is 3.34. The Kier molecular flexibility index (Phi) is 7.08. The number of ether oxygens (including phenoxy) is 1. The third-order valence-electron chi connectivity index (χ3n) is 5.65. The fourth-order valence-electron chi connectivity index (χ4n) is 4.07. The first kappa shape index (κ1) is 24.7. The van der Waals surface area contributed by atoms with Gasteiger partial charge in [-0.3, -0.25) is 10.1 Å². The fourth-order valence-corrected chi connectivity index (χ4v) is 4.34. The number of hydrazone groups is 1. The third kappa shape index (κ3) is 5.80. The molecule has 1 heterocycles. The van der Waals surface area contributed by atoms with E-state index in [2.05, 4.69) is 28.2 Å². The second-order valence-corrected chi connectivity index (χ2v) is 10.4. The number of hydrogen-bond acceptors (Lipinski definition) is 4. The van der Waals surface area contributed by atoms with Crippen molar-refractivity contribution in [2.45, 2.75) is 39.3 Å². The molecule has 0 aromatic heterocycles. The quantitative estimate of drug-likeness (QED) is 0.391. The second kappa shape index (κ2) is 10.0. The maximum atomic E-state index is 13.5. The molecule has 1 N–H and O–H groups in total. The number of carbonyl (C=O) groups excluding carboxylic acids is 2. The van der Waals surface area contributed by atoms with Crippen molar-refractivity contribution in [3.05, 3.63) is 100 Å². The van der Waals surface area contributed by atoms with Gasteiger partial charge >= 0.3 is 6.09 Å². The third-order valence-corrected chi connectivity index (χ3v) is 6.18. The molecule has 35 heavy (non-hydrogen) atoms. The van der Waals surface area contributed by atoms with Crippen molar-refractivity contribution >= 4 is 39.3 Å². The SMILES string of the molecule is CC1C(c2ccc(NC(=O)OC(C)(C)C)cc2)=NN(C(=O)c2ccc(Br)cc2)C1c1ccccc1. The maximum Gasteiger partial charge on any atom is 0.412 e. The lowest BCUT2D eigenvalue weighted by Crippen LogP contribution is -2.30. The molecule has 180 valence electrons. The van der Waals surface area contributed by atoms with Gasteiger partial charge in [0, 0.05) is 21.6 Å². The summed E-state index contributed by atoms with van der Waals surface area (Å²) in [6.45, 7) is 7.54. The van der Waals surface area contributed by atoms with Gasteiger partial charge in [-0.1, -0.05) is 65.3 Å². The molecule has 1 aliphatic heterocycles. The highest BCUT2D eigenvalue weighted by molar-refractivity contribution is 9.10. The zero-order valence-electron chi connectivity index (χ0n) is 20.2. The first-order chi connectivity index (χ1) is 16.6. The van der Waals surface area contributed by atoms with Gasteiger partial charge in [0.05, 0.1) is 11.8 Å². The summed E-state index contributed by atoms with van der Waals surface area (Å²) in [5.74, 6) is -0.196. The van der Waals surface area contributed by atoms with E-state index >= 15 is 0 Å². The van der Waals surface area contributed by atoms with Crippen molar-refractivity contribution in [2.24, 2.45) is 11.0 Å². The summed E-state index contributed by atoms with van der Waals surface area (Å²) in [5, 5.41) is 9.15.